The molecule has 5 heteroatoms. The van der Waals surface area contributed by atoms with E-state index in [0.717, 1.165) is 22.7 Å². The molecule has 1 N–H and O–H groups in total. The van der Waals surface area contributed by atoms with E-state index >= 15 is 0 Å². The van der Waals surface area contributed by atoms with Crippen molar-refractivity contribution < 1.29 is 4.79 Å². The highest BCUT2D eigenvalue weighted by molar-refractivity contribution is 7.15. The third-order valence-electron chi connectivity index (χ3n) is 2.80. The first-order chi connectivity index (χ1) is 9.20. The minimum atomic E-state index is 0.0923. The summed E-state index contributed by atoms with van der Waals surface area (Å²) in [6, 6.07) is 3.92. The number of nitrogens with zero attached hydrogens (tertiary/aromatic N) is 2. The maximum Gasteiger partial charge on any atom is 0.219 e. The van der Waals surface area contributed by atoms with Crippen molar-refractivity contribution in [1.82, 2.24) is 15.3 Å². The van der Waals surface area contributed by atoms with Gasteiger partial charge >= 0.3 is 0 Å². The van der Waals surface area contributed by atoms with Gasteiger partial charge in [0.05, 0.1) is 5.69 Å². The van der Waals surface area contributed by atoms with Crippen LogP contribution in [0.15, 0.2) is 24.5 Å². The second-order valence-electron chi connectivity index (χ2n) is 4.22. The Hall–Kier alpha value is -1.75. The number of hydrogen-bond acceptors (Lipinski definition) is 4. The molecule has 2 aromatic heterocycles. The molecular weight excluding hydrogens is 258 g/mol. The molecule has 0 bridgehead atoms. The summed E-state index contributed by atoms with van der Waals surface area (Å²) in [5.41, 5.74) is 2.08. The van der Waals surface area contributed by atoms with Crippen molar-refractivity contribution in [3.05, 3.63) is 35.1 Å². The lowest BCUT2D eigenvalue weighted by atomic mass is 10.3. The first kappa shape index (κ1) is 13.7. The molecule has 0 aliphatic carbocycles. The van der Waals surface area contributed by atoms with Gasteiger partial charge in [0, 0.05) is 42.2 Å². The Morgan fingerprint density at radius 3 is 3.00 bits per heavy atom. The van der Waals surface area contributed by atoms with Gasteiger partial charge in [-0.15, -0.1) is 11.3 Å². The molecule has 0 fully saturated rings. The van der Waals surface area contributed by atoms with E-state index in [4.69, 9.17) is 0 Å². The van der Waals surface area contributed by atoms with Crippen LogP contribution in [0.3, 0.4) is 0 Å². The lowest BCUT2D eigenvalue weighted by Gasteiger charge is -2.01. The van der Waals surface area contributed by atoms with Crippen molar-refractivity contribution in [3.63, 3.8) is 0 Å². The predicted octanol–water partition coefficient (Wildman–Crippen LogP) is 2.58. The summed E-state index contributed by atoms with van der Waals surface area (Å²) >= 11 is 1.67. The molecule has 0 aliphatic heterocycles. The fraction of sp³-hybridized carbons (Fsp3) is 0.357. The van der Waals surface area contributed by atoms with Crippen LogP contribution in [0.5, 0.6) is 0 Å². The number of nitrogens with one attached hydrogen (secondary N) is 1. The molecule has 0 radical (unpaired) electrons. The molecule has 0 spiro atoms. The maximum atomic E-state index is 11.2. The van der Waals surface area contributed by atoms with Crippen molar-refractivity contribution >= 4 is 17.2 Å². The zero-order chi connectivity index (χ0) is 13.7. The molecule has 100 valence electrons. The van der Waals surface area contributed by atoms with Crippen molar-refractivity contribution in [2.45, 2.75) is 26.7 Å². The molecule has 2 aromatic rings. The van der Waals surface area contributed by atoms with Gasteiger partial charge in [0.25, 0.3) is 0 Å². The first-order valence-electron chi connectivity index (χ1n) is 6.34. The van der Waals surface area contributed by atoms with Gasteiger partial charge in [0.15, 0.2) is 0 Å². The summed E-state index contributed by atoms with van der Waals surface area (Å²) in [6.45, 7) is 4.53. The van der Waals surface area contributed by atoms with E-state index in [1.165, 1.54) is 4.88 Å². The normalized spacial score (nSPS) is 10.4. The van der Waals surface area contributed by atoms with Crippen LogP contribution in [0.1, 0.15) is 23.9 Å². The van der Waals surface area contributed by atoms with Gasteiger partial charge in [-0.25, -0.2) is 4.98 Å². The molecule has 0 aliphatic rings. The highest BCUT2D eigenvalue weighted by atomic mass is 32.1. The number of carbonyl (C=O) groups is 1. The number of amides is 1. The molecule has 1 amide bonds. The van der Waals surface area contributed by atoms with Crippen LogP contribution < -0.4 is 5.32 Å². The van der Waals surface area contributed by atoms with Crippen molar-refractivity contribution in [3.8, 4) is 10.6 Å². The molecule has 0 saturated heterocycles. The predicted molar refractivity (Wildman–Crippen MR) is 77.1 cm³/mol. The first-order valence-corrected chi connectivity index (χ1v) is 7.15. The average Bonchev–Trinajstić information content (AvgIpc) is 2.81. The van der Waals surface area contributed by atoms with E-state index < -0.39 is 0 Å². The van der Waals surface area contributed by atoms with E-state index in [-0.39, 0.29) is 5.91 Å². The van der Waals surface area contributed by atoms with E-state index in [2.05, 4.69) is 15.3 Å². The van der Waals surface area contributed by atoms with E-state index in [0.29, 0.717) is 13.0 Å². The molecule has 2 rings (SSSR count). The quantitative estimate of drug-likeness (QED) is 0.912. The summed E-state index contributed by atoms with van der Waals surface area (Å²) in [4.78, 5) is 21.1. The van der Waals surface area contributed by atoms with E-state index in [1.54, 1.807) is 17.5 Å². The van der Waals surface area contributed by atoms with Crippen LogP contribution in [-0.4, -0.2) is 22.4 Å². The van der Waals surface area contributed by atoms with Gasteiger partial charge in [-0.2, -0.15) is 0 Å². The van der Waals surface area contributed by atoms with Gasteiger partial charge in [0.1, 0.15) is 5.01 Å². The Kier molecular flexibility index (Phi) is 4.63. The zero-order valence-corrected chi connectivity index (χ0v) is 12.0. The fourth-order valence-corrected chi connectivity index (χ4v) is 2.77. The third-order valence-corrected chi connectivity index (χ3v) is 4.06. The molecule has 0 aromatic carbocycles. The van der Waals surface area contributed by atoms with Crippen LogP contribution in [0.25, 0.3) is 10.6 Å². The average molecular weight is 275 g/mol. The number of hydrogen-bond donors (Lipinski definition) is 1. The molecule has 0 unspecified atom stereocenters. The largest absolute Gasteiger partial charge is 0.356 e. The summed E-state index contributed by atoms with van der Waals surface area (Å²) in [6.07, 6.45) is 4.93. The summed E-state index contributed by atoms with van der Waals surface area (Å²) in [5, 5.41) is 3.87. The minimum absolute atomic E-state index is 0.0923. The third kappa shape index (κ3) is 3.61. The summed E-state index contributed by atoms with van der Waals surface area (Å²) in [5.74, 6) is 0.0923. The number of rotatable bonds is 5. The zero-order valence-electron chi connectivity index (χ0n) is 11.1. The van der Waals surface area contributed by atoms with Crippen LogP contribution in [-0.2, 0) is 11.2 Å². The van der Waals surface area contributed by atoms with Crippen LogP contribution >= 0.6 is 11.3 Å². The number of thiazole rings is 1. The standard InChI is InChI=1S/C14H17N3OS/c1-3-13(18)16-8-6-12-10(2)17-14(19-12)11-5-4-7-15-9-11/h4-5,7,9H,3,6,8H2,1-2H3,(H,16,18). The van der Waals surface area contributed by atoms with Gasteiger partial charge in [-0.1, -0.05) is 6.92 Å². The Morgan fingerprint density at radius 1 is 1.47 bits per heavy atom. The van der Waals surface area contributed by atoms with Crippen LogP contribution in [0, 0.1) is 6.92 Å². The number of carbonyl (C=O) groups excluding carboxylic acids is 1. The highest BCUT2D eigenvalue weighted by Gasteiger charge is 2.09. The van der Waals surface area contributed by atoms with Crippen molar-refractivity contribution in [2.75, 3.05) is 6.54 Å². The summed E-state index contributed by atoms with van der Waals surface area (Å²) < 4.78 is 0. The number of aryl methyl sites for hydroxylation is 1. The number of pyridine rings is 1. The fourth-order valence-electron chi connectivity index (χ4n) is 1.71. The van der Waals surface area contributed by atoms with Crippen molar-refractivity contribution in [1.29, 1.82) is 0 Å². The van der Waals surface area contributed by atoms with Crippen LogP contribution in [0.4, 0.5) is 0 Å². The second-order valence-corrected chi connectivity index (χ2v) is 5.31. The highest BCUT2D eigenvalue weighted by Crippen LogP contribution is 2.27. The van der Waals surface area contributed by atoms with Gasteiger partial charge < -0.3 is 5.32 Å². The molecular formula is C14H17N3OS. The molecule has 0 saturated carbocycles. The lowest BCUT2D eigenvalue weighted by molar-refractivity contribution is -0.120. The molecule has 19 heavy (non-hydrogen) atoms. The van der Waals surface area contributed by atoms with E-state index in [1.807, 2.05) is 32.2 Å². The maximum absolute atomic E-state index is 11.2. The molecule has 2 heterocycles. The minimum Gasteiger partial charge on any atom is -0.356 e. The Balaban J connectivity index is 2.03. The van der Waals surface area contributed by atoms with E-state index in [9.17, 15) is 4.79 Å². The Labute approximate surface area is 116 Å². The van der Waals surface area contributed by atoms with Crippen molar-refractivity contribution in [2.24, 2.45) is 0 Å². The summed E-state index contributed by atoms with van der Waals surface area (Å²) in [7, 11) is 0. The number of aromatic nitrogens is 2. The SMILES string of the molecule is CCC(=O)NCCc1sc(-c2cccnc2)nc1C. The smallest absolute Gasteiger partial charge is 0.219 e. The Bertz CT molecular complexity index is 551. The lowest BCUT2D eigenvalue weighted by Crippen LogP contribution is -2.24. The van der Waals surface area contributed by atoms with Gasteiger partial charge in [-0.3, -0.25) is 9.78 Å². The van der Waals surface area contributed by atoms with Gasteiger partial charge in [-0.05, 0) is 19.1 Å². The molecule has 0 atom stereocenters. The topological polar surface area (TPSA) is 54.9 Å². The monoisotopic (exact) mass is 275 g/mol. The second kappa shape index (κ2) is 6.43. The van der Waals surface area contributed by atoms with Crippen LogP contribution in [0.2, 0.25) is 0 Å². The van der Waals surface area contributed by atoms with Gasteiger partial charge in [0.2, 0.25) is 5.91 Å². The Morgan fingerprint density at radius 2 is 2.32 bits per heavy atom. The molecule has 4 nitrogen and oxygen atoms in total.